The second-order valence-corrected chi connectivity index (χ2v) is 8.38. The SMILES string of the molecule is Cc1cc(C)n2ncc(C(=O)NC3CCC(C(=O)Nc4ccc(F)cc4Cl)CC3)c2n1. The molecule has 2 amide bonds. The van der Waals surface area contributed by atoms with Crippen molar-refractivity contribution in [3.05, 3.63) is 58.3 Å². The highest BCUT2D eigenvalue weighted by Crippen LogP contribution is 2.28. The van der Waals surface area contributed by atoms with E-state index in [2.05, 4.69) is 20.7 Å². The smallest absolute Gasteiger partial charge is 0.256 e. The first-order valence-corrected chi connectivity index (χ1v) is 10.6. The van der Waals surface area contributed by atoms with Crippen molar-refractivity contribution in [1.82, 2.24) is 19.9 Å². The number of aryl methyl sites for hydroxylation is 2. The van der Waals surface area contributed by atoms with E-state index in [1.54, 1.807) is 4.52 Å². The molecule has 3 aromatic rings. The molecule has 7 nitrogen and oxygen atoms in total. The molecule has 1 fully saturated rings. The van der Waals surface area contributed by atoms with Crippen molar-refractivity contribution >= 4 is 34.7 Å². The van der Waals surface area contributed by atoms with E-state index in [1.165, 1.54) is 24.4 Å². The zero-order valence-corrected chi connectivity index (χ0v) is 18.0. The summed E-state index contributed by atoms with van der Waals surface area (Å²) in [5.74, 6) is -0.987. The number of fused-ring (bicyclic) bond motifs is 1. The number of carbonyl (C=O) groups is 2. The fourth-order valence-electron chi connectivity index (χ4n) is 4.02. The molecule has 2 N–H and O–H groups in total. The molecule has 0 saturated heterocycles. The molecule has 0 spiro atoms. The first kappa shape index (κ1) is 21.2. The zero-order valence-electron chi connectivity index (χ0n) is 17.3. The van der Waals surface area contributed by atoms with Gasteiger partial charge in [0.2, 0.25) is 5.91 Å². The number of amides is 2. The van der Waals surface area contributed by atoms with Gasteiger partial charge in [0.05, 0.1) is 16.9 Å². The lowest BCUT2D eigenvalue weighted by Gasteiger charge is -2.28. The summed E-state index contributed by atoms with van der Waals surface area (Å²) in [6.45, 7) is 3.80. The fourth-order valence-corrected chi connectivity index (χ4v) is 4.23. The van der Waals surface area contributed by atoms with Gasteiger partial charge in [-0.05, 0) is 63.8 Å². The molecule has 0 bridgehead atoms. The third kappa shape index (κ3) is 4.54. The van der Waals surface area contributed by atoms with Crippen LogP contribution >= 0.6 is 11.6 Å². The number of nitrogens with one attached hydrogen (secondary N) is 2. The molecule has 162 valence electrons. The Hall–Kier alpha value is -3.00. The van der Waals surface area contributed by atoms with Crippen molar-refractivity contribution in [1.29, 1.82) is 0 Å². The highest BCUT2D eigenvalue weighted by atomic mass is 35.5. The Morgan fingerprint density at radius 3 is 2.61 bits per heavy atom. The number of nitrogens with zero attached hydrogens (tertiary/aromatic N) is 3. The Morgan fingerprint density at radius 2 is 1.90 bits per heavy atom. The van der Waals surface area contributed by atoms with Crippen molar-refractivity contribution in [2.75, 3.05) is 5.32 Å². The van der Waals surface area contributed by atoms with E-state index in [0.717, 1.165) is 11.4 Å². The second-order valence-electron chi connectivity index (χ2n) is 7.97. The van der Waals surface area contributed by atoms with E-state index < -0.39 is 5.82 Å². The standard InChI is InChI=1S/C22H23ClFN5O2/c1-12-9-13(2)29-20(26-12)17(11-25-29)22(31)27-16-6-3-14(4-7-16)21(30)28-19-8-5-15(24)10-18(19)23/h5,8-11,14,16H,3-4,6-7H2,1-2H3,(H,27,31)(H,28,30). The van der Waals surface area contributed by atoms with Gasteiger partial charge in [-0.2, -0.15) is 5.10 Å². The van der Waals surface area contributed by atoms with Crippen LogP contribution in [0.25, 0.3) is 5.65 Å². The van der Waals surface area contributed by atoms with E-state index >= 15 is 0 Å². The summed E-state index contributed by atoms with van der Waals surface area (Å²) in [5, 5.41) is 10.3. The molecular formula is C22H23ClFN5O2. The number of rotatable bonds is 4. The van der Waals surface area contributed by atoms with Gasteiger partial charge >= 0.3 is 0 Å². The van der Waals surface area contributed by atoms with E-state index in [1.807, 2.05) is 19.9 Å². The van der Waals surface area contributed by atoms with Crippen molar-refractivity contribution < 1.29 is 14.0 Å². The Balaban J connectivity index is 1.35. The molecule has 2 heterocycles. The molecule has 1 aromatic carbocycles. The van der Waals surface area contributed by atoms with Crippen LogP contribution in [0.3, 0.4) is 0 Å². The van der Waals surface area contributed by atoms with Gasteiger partial charge in [0.1, 0.15) is 11.4 Å². The number of carbonyl (C=O) groups excluding carboxylic acids is 2. The first-order chi connectivity index (χ1) is 14.8. The Labute approximate surface area is 184 Å². The maximum atomic E-state index is 13.2. The molecule has 31 heavy (non-hydrogen) atoms. The van der Waals surface area contributed by atoms with E-state index in [-0.39, 0.29) is 28.8 Å². The molecule has 1 aliphatic carbocycles. The molecule has 0 aliphatic heterocycles. The van der Waals surface area contributed by atoms with Gasteiger partial charge in [-0.15, -0.1) is 0 Å². The number of hydrogen-bond donors (Lipinski definition) is 2. The number of halogens is 2. The van der Waals surface area contributed by atoms with Crippen LogP contribution < -0.4 is 10.6 Å². The highest BCUT2D eigenvalue weighted by Gasteiger charge is 2.28. The molecule has 0 radical (unpaired) electrons. The molecule has 1 saturated carbocycles. The van der Waals surface area contributed by atoms with Crippen LogP contribution in [-0.4, -0.2) is 32.5 Å². The molecule has 2 aromatic heterocycles. The van der Waals surface area contributed by atoms with E-state index in [0.29, 0.717) is 42.6 Å². The minimum atomic E-state index is -0.453. The summed E-state index contributed by atoms with van der Waals surface area (Å²) in [5.41, 5.74) is 3.12. The lowest BCUT2D eigenvalue weighted by Crippen LogP contribution is -2.39. The number of hydrogen-bond acceptors (Lipinski definition) is 4. The summed E-state index contributed by atoms with van der Waals surface area (Å²) in [6, 6.07) is 5.77. The van der Waals surface area contributed by atoms with Gasteiger partial charge in [-0.25, -0.2) is 13.9 Å². The van der Waals surface area contributed by atoms with E-state index in [9.17, 15) is 14.0 Å². The van der Waals surface area contributed by atoms with Crippen LogP contribution in [0.5, 0.6) is 0 Å². The minimum absolute atomic E-state index is 0.0215. The van der Waals surface area contributed by atoms with Gasteiger partial charge in [0, 0.05) is 23.3 Å². The average Bonchev–Trinajstić information content (AvgIpc) is 3.15. The van der Waals surface area contributed by atoms with Gasteiger partial charge in [0.25, 0.3) is 5.91 Å². The third-order valence-corrected chi connectivity index (χ3v) is 5.96. The normalized spacial score (nSPS) is 18.7. The quantitative estimate of drug-likeness (QED) is 0.636. The van der Waals surface area contributed by atoms with Gasteiger partial charge in [-0.3, -0.25) is 9.59 Å². The van der Waals surface area contributed by atoms with Crippen molar-refractivity contribution in [3.8, 4) is 0 Å². The van der Waals surface area contributed by atoms with Crippen molar-refractivity contribution in [2.45, 2.75) is 45.6 Å². The van der Waals surface area contributed by atoms with E-state index in [4.69, 9.17) is 11.6 Å². The molecule has 0 unspecified atom stereocenters. The van der Waals surface area contributed by atoms with Gasteiger partial charge in [0.15, 0.2) is 5.65 Å². The first-order valence-electron chi connectivity index (χ1n) is 10.2. The summed E-state index contributed by atoms with van der Waals surface area (Å²) >= 11 is 5.99. The summed E-state index contributed by atoms with van der Waals surface area (Å²) in [4.78, 5) is 29.8. The summed E-state index contributed by atoms with van der Waals surface area (Å²) in [6.07, 6.45) is 4.19. The predicted molar refractivity (Wildman–Crippen MR) is 116 cm³/mol. The largest absolute Gasteiger partial charge is 0.349 e. The maximum Gasteiger partial charge on any atom is 0.256 e. The number of anilines is 1. The Bertz CT molecular complexity index is 1150. The molecule has 4 rings (SSSR count). The third-order valence-electron chi connectivity index (χ3n) is 5.64. The monoisotopic (exact) mass is 443 g/mol. The van der Waals surface area contributed by atoms with Crippen LogP contribution in [-0.2, 0) is 4.79 Å². The lowest BCUT2D eigenvalue weighted by atomic mass is 9.85. The summed E-state index contributed by atoms with van der Waals surface area (Å²) in [7, 11) is 0. The number of aromatic nitrogens is 3. The fraction of sp³-hybridized carbons (Fsp3) is 0.364. The predicted octanol–water partition coefficient (Wildman–Crippen LogP) is 4.07. The summed E-state index contributed by atoms with van der Waals surface area (Å²) < 4.78 is 14.8. The van der Waals surface area contributed by atoms with Crippen LogP contribution in [0.4, 0.5) is 10.1 Å². The average molecular weight is 444 g/mol. The molecule has 9 heteroatoms. The zero-order chi connectivity index (χ0) is 22.1. The highest BCUT2D eigenvalue weighted by molar-refractivity contribution is 6.33. The van der Waals surface area contributed by atoms with Gasteiger partial charge < -0.3 is 10.6 Å². The minimum Gasteiger partial charge on any atom is -0.349 e. The molecular weight excluding hydrogens is 421 g/mol. The second kappa shape index (κ2) is 8.63. The van der Waals surface area contributed by atoms with Crippen LogP contribution in [0.1, 0.15) is 47.4 Å². The topological polar surface area (TPSA) is 88.4 Å². The van der Waals surface area contributed by atoms with Crippen molar-refractivity contribution in [2.24, 2.45) is 5.92 Å². The van der Waals surface area contributed by atoms with Gasteiger partial charge in [-0.1, -0.05) is 11.6 Å². The maximum absolute atomic E-state index is 13.2. The Morgan fingerprint density at radius 1 is 1.16 bits per heavy atom. The van der Waals surface area contributed by atoms with Crippen LogP contribution in [0.2, 0.25) is 5.02 Å². The molecule has 0 atom stereocenters. The Kier molecular flexibility index (Phi) is 5.91. The number of benzene rings is 1. The molecule has 1 aliphatic rings. The van der Waals surface area contributed by atoms with Crippen LogP contribution in [0.15, 0.2) is 30.5 Å². The van der Waals surface area contributed by atoms with Crippen LogP contribution in [0, 0.1) is 25.6 Å². The van der Waals surface area contributed by atoms with Crippen molar-refractivity contribution in [3.63, 3.8) is 0 Å². The lowest BCUT2D eigenvalue weighted by molar-refractivity contribution is -0.120.